The van der Waals surface area contributed by atoms with Gasteiger partial charge >= 0.3 is 0 Å². The lowest BCUT2D eigenvalue weighted by Crippen LogP contribution is -2.11. The molecule has 0 radical (unpaired) electrons. The molecule has 0 bridgehead atoms. The SMILES string of the molecule is c1ccc(-c2ccc(-c3cc4ccccc4c4ccccc34)cc2N(c2ccc(-c3cccc(-c4cccc5ccccc45)c3)cc2)c2ccc3c(c2)oc2ccccc23)cc1. The van der Waals surface area contributed by atoms with Crippen molar-refractivity contribution in [3.05, 3.63) is 237 Å². The fraction of sp³-hybridized carbons (Fsp3) is 0. The van der Waals surface area contributed by atoms with E-state index in [1.54, 1.807) is 0 Å². The van der Waals surface area contributed by atoms with E-state index in [1.165, 1.54) is 54.6 Å². The highest BCUT2D eigenvalue weighted by Gasteiger charge is 2.21. The fourth-order valence-corrected chi connectivity index (χ4v) is 9.47. The summed E-state index contributed by atoms with van der Waals surface area (Å²) in [5.41, 5.74) is 14.3. The van der Waals surface area contributed by atoms with E-state index in [4.69, 9.17) is 4.42 Å². The second-order valence-corrected chi connectivity index (χ2v) is 16.1. The number of rotatable bonds is 7. The second kappa shape index (κ2) is 14.8. The van der Waals surface area contributed by atoms with Crippen molar-refractivity contribution in [3.63, 3.8) is 0 Å². The van der Waals surface area contributed by atoms with E-state index in [0.29, 0.717) is 0 Å². The number of benzene rings is 11. The van der Waals surface area contributed by atoms with Crippen molar-refractivity contribution in [1.82, 2.24) is 0 Å². The van der Waals surface area contributed by atoms with Crippen LogP contribution in [0.25, 0.3) is 98.8 Å². The molecule has 2 nitrogen and oxygen atoms in total. The van der Waals surface area contributed by atoms with Crippen LogP contribution in [0.2, 0.25) is 0 Å². The number of furan rings is 1. The molecule has 0 fully saturated rings. The summed E-state index contributed by atoms with van der Waals surface area (Å²) in [5.74, 6) is 0. The minimum absolute atomic E-state index is 0.855. The van der Waals surface area contributed by atoms with Crippen molar-refractivity contribution in [2.24, 2.45) is 0 Å². The Hall–Kier alpha value is -8.20. The number of fused-ring (bicyclic) bond motifs is 7. The first kappa shape index (κ1) is 35.7. The quantitative estimate of drug-likeness (QED) is 0.150. The number of anilines is 3. The molecule has 0 saturated heterocycles. The average Bonchev–Trinajstić information content (AvgIpc) is 3.72. The molecule has 2 heteroatoms. The average molecular weight is 790 g/mol. The Morgan fingerprint density at radius 1 is 0.258 bits per heavy atom. The topological polar surface area (TPSA) is 16.4 Å². The Balaban J connectivity index is 1.05. The van der Waals surface area contributed by atoms with Crippen LogP contribution in [0, 0.1) is 0 Å². The van der Waals surface area contributed by atoms with E-state index < -0.39 is 0 Å². The summed E-state index contributed by atoms with van der Waals surface area (Å²) < 4.78 is 6.54. The predicted molar refractivity (Wildman–Crippen MR) is 263 cm³/mol. The third-order valence-corrected chi connectivity index (χ3v) is 12.4. The van der Waals surface area contributed by atoms with Crippen LogP contribution in [-0.2, 0) is 0 Å². The zero-order valence-electron chi connectivity index (χ0n) is 33.9. The molecular formula is C60H39NO. The van der Waals surface area contributed by atoms with Crippen molar-refractivity contribution in [2.75, 3.05) is 4.90 Å². The first-order valence-corrected chi connectivity index (χ1v) is 21.2. The molecule has 0 amide bonds. The highest BCUT2D eigenvalue weighted by Crippen LogP contribution is 2.46. The van der Waals surface area contributed by atoms with E-state index in [0.717, 1.165) is 61.3 Å². The molecule has 11 aromatic carbocycles. The van der Waals surface area contributed by atoms with Crippen molar-refractivity contribution in [1.29, 1.82) is 0 Å². The van der Waals surface area contributed by atoms with Gasteiger partial charge in [-0.3, -0.25) is 0 Å². The smallest absolute Gasteiger partial charge is 0.137 e. The monoisotopic (exact) mass is 789 g/mol. The zero-order valence-corrected chi connectivity index (χ0v) is 33.9. The maximum absolute atomic E-state index is 6.54. The second-order valence-electron chi connectivity index (χ2n) is 16.1. The van der Waals surface area contributed by atoms with Gasteiger partial charge in [0.2, 0.25) is 0 Å². The molecule has 12 aromatic rings. The van der Waals surface area contributed by atoms with E-state index >= 15 is 0 Å². The zero-order chi connectivity index (χ0) is 41.0. The number of nitrogens with zero attached hydrogens (tertiary/aromatic N) is 1. The Labute approximate surface area is 360 Å². The number of hydrogen-bond acceptors (Lipinski definition) is 2. The van der Waals surface area contributed by atoms with Gasteiger partial charge in [0.05, 0.1) is 5.69 Å². The summed E-state index contributed by atoms with van der Waals surface area (Å²) in [4.78, 5) is 2.40. The molecule has 0 N–H and O–H groups in total. The molecule has 0 saturated carbocycles. The lowest BCUT2D eigenvalue weighted by molar-refractivity contribution is 0.669. The predicted octanol–water partition coefficient (Wildman–Crippen LogP) is 17.2. The van der Waals surface area contributed by atoms with E-state index in [-0.39, 0.29) is 0 Å². The van der Waals surface area contributed by atoms with Crippen LogP contribution < -0.4 is 4.90 Å². The summed E-state index contributed by atoms with van der Waals surface area (Å²) in [7, 11) is 0. The van der Waals surface area contributed by atoms with E-state index in [1.807, 2.05) is 12.1 Å². The van der Waals surface area contributed by atoms with Crippen LogP contribution >= 0.6 is 0 Å². The molecule has 0 aliphatic rings. The van der Waals surface area contributed by atoms with Crippen molar-refractivity contribution < 1.29 is 4.42 Å². The van der Waals surface area contributed by atoms with E-state index in [2.05, 4.69) is 229 Å². The van der Waals surface area contributed by atoms with Crippen LogP contribution in [0.1, 0.15) is 0 Å². The molecule has 0 aliphatic heterocycles. The first-order chi connectivity index (χ1) is 30.7. The molecule has 0 unspecified atom stereocenters. The molecule has 12 rings (SSSR count). The highest BCUT2D eigenvalue weighted by atomic mass is 16.3. The Morgan fingerprint density at radius 3 is 1.71 bits per heavy atom. The van der Waals surface area contributed by atoms with Gasteiger partial charge in [-0.15, -0.1) is 0 Å². The van der Waals surface area contributed by atoms with Crippen molar-refractivity contribution >= 4 is 71.3 Å². The Bertz CT molecular complexity index is 3630. The van der Waals surface area contributed by atoms with Crippen LogP contribution in [0.5, 0.6) is 0 Å². The molecule has 0 aliphatic carbocycles. The molecule has 0 spiro atoms. The van der Waals surface area contributed by atoms with Gasteiger partial charge in [-0.25, -0.2) is 0 Å². The van der Waals surface area contributed by atoms with Gasteiger partial charge in [-0.1, -0.05) is 182 Å². The number of para-hydroxylation sites is 1. The molecule has 0 atom stereocenters. The molecule has 1 heterocycles. The van der Waals surface area contributed by atoms with Crippen LogP contribution in [-0.4, -0.2) is 0 Å². The van der Waals surface area contributed by atoms with Gasteiger partial charge in [-0.05, 0) is 120 Å². The fourth-order valence-electron chi connectivity index (χ4n) is 9.47. The number of hydrogen-bond donors (Lipinski definition) is 0. The minimum Gasteiger partial charge on any atom is -0.456 e. The van der Waals surface area contributed by atoms with Gasteiger partial charge in [0.1, 0.15) is 11.2 Å². The lowest BCUT2D eigenvalue weighted by atomic mass is 9.91. The van der Waals surface area contributed by atoms with Crippen LogP contribution in [0.4, 0.5) is 17.1 Å². The summed E-state index contributed by atoms with van der Waals surface area (Å²) >= 11 is 0. The van der Waals surface area contributed by atoms with Gasteiger partial charge in [0, 0.05) is 33.8 Å². The van der Waals surface area contributed by atoms with Crippen LogP contribution in [0.3, 0.4) is 0 Å². The normalized spacial score (nSPS) is 11.5. The third kappa shape index (κ3) is 6.12. The Kier molecular flexibility index (Phi) is 8.53. The summed E-state index contributed by atoms with van der Waals surface area (Å²) in [6.07, 6.45) is 0. The van der Waals surface area contributed by atoms with Crippen molar-refractivity contribution in [3.8, 4) is 44.5 Å². The van der Waals surface area contributed by atoms with Crippen LogP contribution in [0.15, 0.2) is 241 Å². The van der Waals surface area contributed by atoms with Gasteiger partial charge in [0.25, 0.3) is 0 Å². The highest BCUT2D eigenvalue weighted by molar-refractivity contribution is 6.14. The van der Waals surface area contributed by atoms with Gasteiger partial charge < -0.3 is 9.32 Å². The van der Waals surface area contributed by atoms with Crippen molar-refractivity contribution in [2.45, 2.75) is 0 Å². The largest absolute Gasteiger partial charge is 0.456 e. The maximum atomic E-state index is 6.54. The van der Waals surface area contributed by atoms with Gasteiger partial charge in [-0.2, -0.15) is 0 Å². The third-order valence-electron chi connectivity index (χ3n) is 12.4. The van der Waals surface area contributed by atoms with E-state index in [9.17, 15) is 0 Å². The standard InChI is InChI=1S/C60H39NO/c1-2-14-42(15-3-1)52-34-30-46(57-37-45-17-5-7-22-51(45)53-23-8-9-24-54(53)57)38-58(52)61(48-33-35-56-55-25-10-11-27-59(55)62-60(56)39-48)47-31-28-40(29-32-47)43-19-12-20-44(36-43)50-26-13-18-41-16-4-6-21-49(41)50/h1-39H. The first-order valence-electron chi connectivity index (χ1n) is 21.2. The molecule has 1 aromatic heterocycles. The summed E-state index contributed by atoms with van der Waals surface area (Å²) in [6.45, 7) is 0. The Morgan fingerprint density at radius 2 is 0.855 bits per heavy atom. The summed E-state index contributed by atoms with van der Waals surface area (Å²) in [6, 6.07) is 85.6. The minimum atomic E-state index is 0.855. The maximum Gasteiger partial charge on any atom is 0.137 e. The molecule has 62 heavy (non-hydrogen) atoms. The molecule has 290 valence electrons. The van der Waals surface area contributed by atoms with Gasteiger partial charge in [0.15, 0.2) is 0 Å². The summed E-state index contributed by atoms with van der Waals surface area (Å²) in [5, 5.41) is 9.69. The lowest BCUT2D eigenvalue weighted by Gasteiger charge is -2.29. The molecular weight excluding hydrogens is 751 g/mol.